The van der Waals surface area contributed by atoms with E-state index in [2.05, 4.69) is 32.9 Å². The van der Waals surface area contributed by atoms with Gasteiger partial charge in [0.05, 0.1) is 16.1 Å². The number of hydrogen-bond donors (Lipinski definition) is 1. The molecule has 2 aromatic heterocycles. The molecule has 2 heterocycles. The monoisotopic (exact) mass is 299 g/mol. The zero-order valence-electron chi connectivity index (χ0n) is 12.2. The highest BCUT2D eigenvalue weighted by Crippen LogP contribution is 2.30. The second-order valence-electron chi connectivity index (χ2n) is 5.31. The average Bonchev–Trinajstić information content (AvgIpc) is 2.89. The van der Waals surface area contributed by atoms with Crippen molar-refractivity contribution in [3.63, 3.8) is 0 Å². The summed E-state index contributed by atoms with van der Waals surface area (Å²) in [6.45, 7) is 6.14. The smallest absolute Gasteiger partial charge is 0.223 e. The van der Waals surface area contributed by atoms with Gasteiger partial charge >= 0.3 is 0 Å². The van der Waals surface area contributed by atoms with Crippen molar-refractivity contribution >= 4 is 27.5 Å². The van der Waals surface area contributed by atoms with Crippen LogP contribution < -0.4 is 5.73 Å². The Kier molecular flexibility index (Phi) is 3.55. The van der Waals surface area contributed by atoms with E-state index in [9.17, 15) is 0 Å². The molecule has 0 aliphatic rings. The zero-order chi connectivity index (χ0) is 15.0. The van der Waals surface area contributed by atoms with Crippen LogP contribution in [0, 0.1) is 0 Å². The Morgan fingerprint density at radius 2 is 1.67 bits per heavy atom. The predicted molar refractivity (Wildman–Crippen MR) is 85.5 cm³/mol. The lowest BCUT2D eigenvalue weighted by Gasteiger charge is -2.10. The van der Waals surface area contributed by atoms with E-state index in [1.807, 2.05) is 32.0 Å². The Labute approximate surface area is 127 Å². The number of anilines is 1. The summed E-state index contributed by atoms with van der Waals surface area (Å²) in [7, 11) is 0. The van der Waals surface area contributed by atoms with Gasteiger partial charge in [0, 0.05) is 5.92 Å². The molecule has 2 N–H and O–H groups in total. The molecule has 1 atom stereocenters. The lowest BCUT2D eigenvalue weighted by Crippen LogP contribution is -2.11. The minimum Gasteiger partial charge on any atom is -0.368 e. The topological polar surface area (TPSA) is 77.6 Å². The lowest BCUT2D eigenvalue weighted by molar-refractivity contribution is 0.713. The van der Waals surface area contributed by atoms with E-state index < -0.39 is 0 Å². The summed E-state index contributed by atoms with van der Waals surface area (Å²) in [6, 6.07) is 8.11. The summed E-state index contributed by atoms with van der Waals surface area (Å²) in [6.07, 6.45) is 0. The minimum atomic E-state index is 0.00481. The molecule has 3 rings (SSSR count). The first kappa shape index (κ1) is 13.9. The number of nitrogen functional groups attached to an aromatic ring is 1. The van der Waals surface area contributed by atoms with Gasteiger partial charge in [-0.25, -0.2) is 9.97 Å². The summed E-state index contributed by atoms with van der Waals surface area (Å²) >= 11 is 1.67. The van der Waals surface area contributed by atoms with Crippen molar-refractivity contribution in [2.24, 2.45) is 0 Å². The van der Waals surface area contributed by atoms with Gasteiger partial charge < -0.3 is 5.73 Å². The van der Waals surface area contributed by atoms with Gasteiger partial charge in [-0.2, -0.15) is 9.97 Å². The molecule has 0 saturated carbocycles. The van der Waals surface area contributed by atoms with Gasteiger partial charge in [0.2, 0.25) is 5.95 Å². The first-order valence-electron chi connectivity index (χ1n) is 6.91. The number of fused-ring (bicyclic) bond motifs is 1. The molecule has 0 aliphatic carbocycles. The van der Waals surface area contributed by atoms with Crippen LogP contribution in [0.15, 0.2) is 24.3 Å². The quantitative estimate of drug-likeness (QED) is 0.802. The van der Waals surface area contributed by atoms with Gasteiger partial charge in [-0.3, -0.25) is 0 Å². The highest BCUT2D eigenvalue weighted by molar-refractivity contribution is 7.18. The second-order valence-corrected chi connectivity index (χ2v) is 6.37. The van der Waals surface area contributed by atoms with Crippen LogP contribution in [-0.4, -0.2) is 19.9 Å². The lowest BCUT2D eigenvalue weighted by atomic mass is 10.1. The maximum Gasteiger partial charge on any atom is 0.223 e. The second kappa shape index (κ2) is 5.37. The fraction of sp³-hybridized carbons (Fsp3) is 0.333. The molecule has 1 unspecified atom stereocenters. The Hall–Kier alpha value is -2.08. The molecule has 0 aliphatic heterocycles. The Morgan fingerprint density at radius 3 is 2.38 bits per heavy atom. The maximum atomic E-state index is 5.81. The molecule has 0 fully saturated rings. The first-order chi connectivity index (χ1) is 10.0. The highest BCUT2D eigenvalue weighted by atomic mass is 32.1. The van der Waals surface area contributed by atoms with E-state index >= 15 is 0 Å². The fourth-order valence-electron chi connectivity index (χ4n) is 2.06. The average molecular weight is 299 g/mol. The van der Waals surface area contributed by atoms with E-state index in [0.717, 1.165) is 16.3 Å². The van der Waals surface area contributed by atoms with Gasteiger partial charge in [-0.05, 0) is 19.1 Å². The largest absolute Gasteiger partial charge is 0.368 e. The van der Waals surface area contributed by atoms with Crippen molar-refractivity contribution < 1.29 is 0 Å². The van der Waals surface area contributed by atoms with Gasteiger partial charge in [0.1, 0.15) is 16.7 Å². The third-order valence-electron chi connectivity index (χ3n) is 3.27. The van der Waals surface area contributed by atoms with Crippen molar-refractivity contribution in [1.82, 2.24) is 19.9 Å². The minimum absolute atomic E-state index is 0.00481. The number of hydrogen-bond acceptors (Lipinski definition) is 6. The van der Waals surface area contributed by atoms with Crippen LogP contribution in [0.1, 0.15) is 49.3 Å². The standard InChI is InChI=1S/C15H17N5S/c1-8(2)12-18-13(20-15(16)19-12)9(3)14-17-10-6-4-5-7-11(10)21-14/h4-9H,1-3H3,(H2,16,18,19,20). The summed E-state index contributed by atoms with van der Waals surface area (Å²) in [4.78, 5) is 17.7. The van der Waals surface area contributed by atoms with E-state index in [1.165, 1.54) is 4.70 Å². The summed E-state index contributed by atoms with van der Waals surface area (Å²) in [5.41, 5.74) is 6.82. The molecule has 3 aromatic rings. The highest BCUT2D eigenvalue weighted by Gasteiger charge is 2.18. The third-order valence-corrected chi connectivity index (χ3v) is 4.49. The molecule has 0 radical (unpaired) electrons. The van der Waals surface area contributed by atoms with Crippen LogP contribution in [-0.2, 0) is 0 Å². The van der Waals surface area contributed by atoms with Crippen LogP contribution in [0.2, 0.25) is 0 Å². The van der Waals surface area contributed by atoms with Crippen molar-refractivity contribution in [2.45, 2.75) is 32.6 Å². The first-order valence-corrected chi connectivity index (χ1v) is 7.73. The predicted octanol–water partition coefficient (Wildman–Crippen LogP) is 3.34. The van der Waals surface area contributed by atoms with Gasteiger partial charge in [0.25, 0.3) is 0 Å². The van der Waals surface area contributed by atoms with Gasteiger partial charge in [-0.1, -0.05) is 26.0 Å². The van der Waals surface area contributed by atoms with Gasteiger partial charge in [0.15, 0.2) is 0 Å². The van der Waals surface area contributed by atoms with E-state index in [-0.39, 0.29) is 17.8 Å². The van der Waals surface area contributed by atoms with Crippen molar-refractivity contribution in [2.75, 3.05) is 5.73 Å². The molecule has 5 nitrogen and oxygen atoms in total. The number of nitrogens with two attached hydrogens (primary N) is 1. The molecule has 108 valence electrons. The fourth-order valence-corrected chi connectivity index (χ4v) is 3.08. The van der Waals surface area contributed by atoms with E-state index in [0.29, 0.717) is 5.82 Å². The number of para-hydroxylation sites is 1. The van der Waals surface area contributed by atoms with E-state index in [4.69, 9.17) is 5.73 Å². The summed E-state index contributed by atoms with van der Waals surface area (Å²) in [5, 5.41) is 0.997. The summed E-state index contributed by atoms with van der Waals surface area (Å²) < 4.78 is 1.17. The molecule has 21 heavy (non-hydrogen) atoms. The van der Waals surface area contributed by atoms with E-state index in [1.54, 1.807) is 11.3 Å². The Balaban J connectivity index is 2.03. The molecule has 6 heteroatoms. The van der Waals surface area contributed by atoms with Crippen molar-refractivity contribution in [1.29, 1.82) is 0 Å². The van der Waals surface area contributed by atoms with Gasteiger partial charge in [-0.15, -0.1) is 11.3 Å². The molecular weight excluding hydrogens is 282 g/mol. The maximum absolute atomic E-state index is 5.81. The van der Waals surface area contributed by atoms with Crippen molar-refractivity contribution in [3.05, 3.63) is 40.9 Å². The number of benzene rings is 1. The van der Waals surface area contributed by atoms with Crippen molar-refractivity contribution in [3.8, 4) is 0 Å². The van der Waals surface area contributed by atoms with Crippen LogP contribution in [0.4, 0.5) is 5.95 Å². The third kappa shape index (κ3) is 2.71. The molecule has 0 saturated heterocycles. The molecule has 0 bridgehead atoms. The Bertz CT molecular complexity index is 748. The SMILES string of the molecule is CC(C)c1nc(N)nc(C(C)c2nc3ccccc3s2)n1. The molecule has 0 amide bonds. The van der Waals surface area contributed by atoms with Crippen LogP contribution >= 0.6 is 11.3 Å². The Morgan fingerprint density at radius 1 is 0.952 bits per heavy atom. The zero-order valence-corrected chi connectivity index (χ0v) is 13.1. The number of thiazole rings is 1. The molecule has 0 spiro atoms. The number of aromatic nitrogens is 4. The summed E-state index contributed by atoms with van der Waals surface area (Å²) in [5.74, 6) is 1.91. The normalized spacial score (nSPS) is 13.0. The van der Waals surface area contributed by atoms with Crippen LogP contribution in [0.25, 0.3) is 10.2 Å². The molecular formula is C15H17N5S. The number of nitrogens with zero attached hydrogens (tertiary/aromatic N) is 4. The van der Waals surface area contributed by atoms with Crippen LogP contribution in [0.3, 0.4) is 0 Å². The number of rotatable bonds is 3. The molecule has 1 aromatic carbocycles. The van der Waals surface area contributed by atoms with Crippen LogP contribution in [0.5, 0.6) is 0 Å².